The van der Waals surface area contributed by atoms with E-state index in [4.69, 9.17) is 0 Å². The summed E-state index contributed by atoms with van der Waals surface area (Å²) < 4.78 is 1.78. The summed E-state index contributed by atoms with van der Waals surface area (Å²) in [7, 11) is 0. The number of rotatable bonds is 4. The van der Waals surface area contributed by atoms with E-state index in [-0.39, 0.29) is 17.5 Å². The fraction of sp³-hybridized carbons (Fsp3) is 0.583. The Kier molecular flexibility index (Phi) is 3.17. The number of aromatic nitrogens is 2. The molecule has 1 unspecified atom stereocenters. The van der Waals surface area contributed by atoms with Crippen LogP contribution < -0.4 is 0 Å². The van der Waals surface area contributed by atoms with Crippen LogP contribution in [0.1, 0.15) is 43.0 Å². The molecule has 0 amide bonds. The molecule has 4 nitrogen and oxygen atoms in total. The van der Waals surface area contributed by atoms with Gasteiger partial charge in [-0.3, -0.25) is 14.3 Å². The Bertz CT molecular complexity index is 409. The predicted molar refractivity (Wildman–Crippen MR) is 59.2 cm³/mol. The molecular weight excluding hydrogens is 204 g/mol. The minimum absolute atomic E-state index is 0.0770. The maximum atomic E-state index is 12.0. The van der Waals surface area contributed by atoms with Gasteiger partial charge in [0.25, 0.3) is 0 Å². The lowest BCUT2D eigenvalue weighted by atomic mass is 9.99. The second kappa shape index (κ2) is 4.60. The van der Waals surface area contributed by atoms with Gasteiger partial charge in [-0.2, -0.15) is 5.10 Å². The average molecular weight is 220 g/mol. The number of ketones is 2. The standard InChI is InChI=1S/C12H16N2O2/c1-2-5-14-8-10(7-13-14)12(16)9-3-4-11(15)6-9/h7-9H,2-6H2,1H3. The largest absolute Gasteiger partial charge is 0.300 e. The molecule has 4 heteroatoms. The summed E-state index contributed by atoms with van der Waals surface area (Å²) in [5, 5.41) is 4.13. The molecule has 86 valence electrons. The van der Waals surface area contributed by atoms with Gasteiger partial charge in [-0.05, 0) is 12.8 Å². The fourth-order valence-electron chi connectivity index (χ4n) is 2.12. The van der Waals surface area contributed by atoms with Crippen LogP contribution in [0.2, 0.25) is 0 Å². The zero-order valence-corrected chi connectivity index (χ0v) is 9.48. The van der Waals surface area contributed by atoms with E-state index in [0.29, 0.717) is 24.8 Å². The van der Waals surface area contributed by atoms with E-state index in [2.05, 4.69) is 12.0 Å². The van der Waals surface area contributed by atoms with Crippen LogP contribution in [-0.4, -0.2) is 21.3 Å². The van der Waals surface area contributed by atoms with Gasteiger partial charge in [0.2, 0.25) is 0 Å². The first-order valence-electron chi connectivity index (χ1n) is 5.79. The van der Waals surface area contributed by atoms with Gasteiger partial charge in [-0.1, -0.05) is 6.92 Å². The Balaban J connectivity index is 2.05. The van der Waals surface area contributed by atoms with E-state index in [1.54, 1.807) is 17.1 Å². The van der Waals surface area contributed by atoms with Gasteiger partial charge in [-0.15, -0.1) is 0 Å². The third kappa shape index (κ3) is 2.21. The molecule has 0 aromatic carbocycles. The SMILES string of the molecule is CCCn1cc(C(=O)C2CCC(=O)C2)cn1. The van der Waals surface area contributed by atoms with Crippen molar-refractivity contribution in [2.24, 2.45) is 5.92 Å². The second-order valence-electron chi connectivity index (χ2n) is 4.33. The van der Waals surface area contributed by atoms with Crippen molar-refractivity contribution in [1.29, 1.82) is 0 Å². The third-order valence-electron chi connectivity index (χ3n) is 2.99. The van der Waals surface area contributed by atoms with Crippen LogP contribution in [0.15, 0.2) is 12.4 Å². The molecule has 0 bridgehead atoms. The van der Waals surface area contributed by atoms with Crippen molar-refractivity contribution in [1.82, 2.24) is 9.78 Å². The number of carbonyl (C=O) groups is 2. The zero-order valence-electron chi connectivity index (χ0n) is 9.48. The molecule has 1 heterocycles. The van der Waals surface area contributed by atoms with Crippen LogP contribution in [-0.2, 0) is 11.3 Å². The summed E-state index contributed by atoms with van der Waals surface area (Å²) in [4.78, 5) is 23.1. The van der Waals surface area contributed by atoms with E-state index in [1.807, 2.05) is 0 Å². The molecule has 16 heavy (non-hydrogen) atoms. The highest BCUT2D eigenvalue weighted by Crippen LogP contribution is 2.25. The molecule has 1 atom stereocenters. The van der Waals surface area contributed by atoms with Crippen molar-refractivity contribution in [2.75, 3.05) is 0 Å². The van der Waals surface area contributed by atoms with Crippen molar-refractivity contribution < 1.29 is 9.59 Å². The van der Waals surface area contributed by atoms with Crippen LogP contribution in [0, 0.1) is 5.92 Å². The maximum Gasteiger partial charge on any atom is 0.169 e. The van der Waals surface area contributed by atoms with E-state index in [9.17, 15) is 9.59 Å². The van der Waals surface area contributed by atoms with Gasteiger partial charge in [0.05, 0.1) is 11.8 Å². The summed E-state index contributed by atoms with van der Waals surface area (Å²) in [6, 6.07) is 0. The van der Waals surface area contributed by atoms with E-state index < -0.39 is 0 Å². The van der Waals surface area contributed by atoms with Gasteiger partial charge >= 0.3 is 0 Å². The number of hydrogen-bond donors (Lipinski definition) is 0. The molecule has 1 aromatic rings. The van der Waals surface area contributed by atoms with Crippen LogP contribution in [0.5, 0.6) is 0 Å². The number of carbonyl (C=O) groups excluding carboxylic acids is 2. The highest BCUT2D eigenvalue weighted by Gasteiger charge is 2.29. The fourth-order valence-corrected chi connectivity index (χ4v) is 2.12. The number of hydrogen-bond acceptors (Lipinski definition) is 3. The molecule has 0 N–H and O–H groups in total. The topological polar surface area (TPSA) is 52.0 Å². The number of Topliss-reactive ketones (excluding diaryl/α,β-unsaturated/α-hetero) is 2. The zero-order chi connectivity index (χ0) is 11.5. The lowest BCUT2D eigenvalue weighted by molar-refractivity contribution is -0.117. The van der Waals surface area contributed by atoms with Gasteiger partial charge in [0.15, 0.2) is 5.78 Å². The Morgan fingerprint density at radius 3 is 3.06 bits per heavy atom. The quantitative estimate of drug-likeness (QED) is 0.727. The molecular formula is C12H16N2O2. The first kappa shape index (κ1) is 11.0. The van der Waals surface area contributed by atoms with Gasteiger partial charge in [0, 0.05) is 31.5 Å². The van der Waals surface area contributed by atoms with Crippen molar-refractivity contribution in [2.45, 2.75) is 39.2 Å². The van der Waals surface area contributed by atoms with Gasteiger partial charge < -0.3 is 0 Å². The molecule has 0 saturated heterocycles. The second-order valence-corrected chi connectivity index (χ2v) is 4.33. The monoisotopic (exact) mass is 220 g/mol. The smallest absolute Gasteiger partial charge is 0.169 e. The van der Waals surface area contributed by atoms with Gasteiger partial charge in [-0.25, -0.2) is 0 Å². The Labute approximate surface area is 94.6 Å². The maximum absolute atomic E-state index is 12.0. The molecule has 0 aliphatic heterocycles. The molecule has 1 aromatic heterocycles. The molecule has 0 spiro atoms. The first-order valence-corrected chi connectivity index (χ1v) is 5.79. The summed E-state index contributed by atoms with van der Waals surface area (Å²) in [5.41, 5.74) is 0.646. The normalized spacial score (nSPS) is 20.3. The predicted octanol–water partition coefficient (Wildman–Crippen LogP) is 1.84. The van der Waals surface area contributed by atoms with E-state index in [1.165, 1.54) is 0 Å². The summed E-state index contributed by atoms with van der Waals surface area (Å²) in [5.74, 6) is 0.180. The highest BCUT2D eigenvalue weighted by atomic mass is 16.1. The molecule has 1 aliphatic rings. The Morgan fingerprint density at radius 1 is 1.62 bits per heavy atom. The Hall–Kier alpha value is -1.45. The van der Waals surface area contributed by atoms with Gasteiger partial charge in [0.1, 0.15) is 5.78 Å². The lowest BCUT2D eigenvalue weighted by Gasteiger charge is -2.03. The summed E-state index contributed by atoms with van der Waals surface area (Å²) in [6.45, 7) is 2.90. The van der Waals surface area contributed by atoms with Crippen molar-refractivity contribution in [3.05, 3.63) is 18.0 Å². The van der Waals surface area contributed by atoms with E-state index in [0.717, 1.165) is 13.0 Å². The molecule has 1 aliphatic carbocycles. The molecule has 2 rings (SSSR count). The molecule has 1 saturated carbocycles. The lowest BCUT2D eigenvalue weighted by Crippen LogP contribution is -2.11. The van der Waals surface area contributed by atoms with Crippen molar-refractivity contribution in [3.63, 3.8) is 0 Å². The minimum atomic E-state index is -0.105. The van der Waals surface area contributed by atoms with Crippen LogP contribution in [0.4, 0.5) is 0 Å². The van der Waals surface area contributed by atoms with Crippen LogP contribution >= 0.6 is 0 Å². The number of aryl methyl sites for hydroxylation is 1. The average Bonchev–Trinajstić information content (AvgIpc) is 2.87. The summed E-state index contributed by atoms with van der Waals surface area (Å²) in [6.07, 6.45) is 6.07. The Morgan fingerprint density at radius 2 is 2.44 bits per heavy atom. The van der Waals surface area contributed by atoms with Crippen molar-refractivity contribution >= 4 is 11.6 Å². The highest BCUT2D eigenvalue weighted by molar-refractivity contribution is 6.01. The van der Waals surface area contributed by atoms with Crippen LogP contribution in [0.3, 0.4) is 0 Å². The minimum Gasteiger partial charge on any atom is -0.300 e. The van der Waals surface area contributed by atoms with Crippen molar-refractivity contribution in [3.8, 4) is 0 Å². The molecule has 1 fully saturated rings. The van der Waals surface area contributed by atoms with E-state index >= 15 is 0 Å². The van der Waals surface area contributed by atoms with Crippen LogP contribution in [0.25, 0.3) is 0 Å². The summed E-state index contributed by atoms with van der Waals surface area (Å²) >= 11 is 0. The first-order chi connectivity index (χ1) is 7.70. The number of nitrogens with zero attached hydrogens (tertiary/aromatic N) is 2. The third-order valence-corrected chi connectivity index (χ3v) is 2.99. The molecule has 0 radical (unpaired) electrons.